The lowest BCUT2D eigenvalue weighted by Crippen LogP contribution is -2.41. The van der Waals surface area contributed by atoms with Crippen molar-refractivity contribution >= 4 is 27.3 Å². The standard InChI is InChI=1S/C13H19NO4S2/c1-9-5-6-14(8-10(9)2)20(17,18)13-4-3-11(19-13)7-12(15)16/h3-4,9-10H,5-8H2,1-2H3,(H,15,16). The average Bonchev–Trinajstić information content (AvgIpc) is 2.80. The lowest BCUT2D eigenvalue weighted by Gasteiger charge is -2.34. The maximum atomic E-state index is 12.5. The van der Waals surface area contributed by atoms with Crippen LogP contribution in [0.15, 0.2) is 16.3 Å². The number of rotatable bonds is 4. The van der Waals surface area contributed by atoms with E-state index in [2.05, 4.69) is 13.8 Å². The summed E-state index contributed by atoms with van der Waals surface area (Å²) in [6.45, 7) is 5.29. The quantitative estimate of drug-likeness (QED) is 0.922. The van der Waals surface area contributed by atoms with E-state index in [4.69, 9.17) is 5.11 Å². The van der Waals surface area contributed by atoms with Gasteiger partial charge in [-0.1, -0.05) is 13.8 Å². The Morgan fingerprint density at radius 3 is 2.70 bits per heavy atom. The third kappa shape index (κ3) is 3.21. The van der Waals surface area contributed by atoms with Crippen molar-refractivity contribution in [1.29, 1.82) is 0 Å². The zero-order chi connectivity index (χ0) is 14.9. The highest BCUT2D eigenvalue weighted by Crippen LogP contribution is 2.30. The molecule has 1 fully saturated rings. The molecule has 0 amide bonds. The summed E-state index contributed by atoms with van der Waals surface area (Å²) < 4.78 is 26.8. The molecule has 1 N–H and O–H groups in total. The van der Waals surface area contributed by atoms with Crippen LogP contribution in [0.2, 0.25) is 0 Å². The third-order valence-electron chi connectivity index (χ3n) is 3.85. The molecule has 0 radical (unpaired) electrons. The number of thiophene rings is 1. The second-order valence-electron chi connectivity index (χ2n) is 5.40. The first kappa shape index (κ1) is 15.5. The summed E-state index contributed by atoms with van der Waals surface area (Å²) in [5.74, 6) is -0.0689. The van der Waals surface area contributed by atoms with Gasteiger partial charge in [-0.25, -0.2) is 8.42 Å². The zero-order valence-electron chi connectivity index (χ0n) is 11.6. The van der Waals surface area contributed by atoms with Crippen molar-refractivity contribution in [3.05, 3.63) is 17.0 Å². The number of sulfonamides is 1. The molecule has 1 aliphatic heterocycles. The van der Waals surface area contributed by atoms with Crippen LogP contribution in [0.25, 0.3) is 0 Å². The summed E-state index contributed by atoms with van der Waals surface area (Å²) in [4.78, 5) is 11.2. The minimum Gasteiger partial charge on any atom is -0.481 e. The van der Waals surface area contributed by atoms with Crippen LogP contribution in [-0.4, -0.2) is 36.9 Å². The number of hydrogen-bond donors (Lipinski definition) is 1. The first-order chi connectivity index (χ1) is 9.30. The Balaban J connectivity index is 2.18. The second kappa shape index (κ2) is 5.83. The Labute approximate surface area is 123 Å². The SMILES string of the molecule is CC1CCN(S(=O)(=O)c2ccc(CC(=O)O)s2)CC1C. The molecule has 0 spiro atoms. The molecule has 7 heteroatoms. The molecule has 2 atom stereocenters. The van der Waals surface area contributed by atoms with Gasteiger partial charge in [-0.3, -0.25) is 4.79 Å². The highest BCUT2D eigenvalue weighted by atomic mass is 32.2. The molecule has 20 heavy (non-hydrogen) atoms. The molecule has 1 saturated heterocycles. The molecule has 1 aromatic rings. The number of carboxylic acids is 1. The molecule has 5 nitrogen and oxygen atoms in total. The minimum absolute atomic E-state index is 0.131. The fourth-order valence-electron chi connectivity index (χ4n) is 2.31. The van der Waals surface area contributed by atoms with Gasteiger partial charge in [0.1, 0.15) is 4.21 Å². The summed E-state index contributed by atoms with van der Waals surface area (Å²) in [5, 5.41) is 8.74. The van der Waals surface area contributed by atoms with E-state index in [1.165, 1.54) is 10.4 Å². The average molecular weight is 317 g/mol. The van der Waals surface area contributed by atoms with Crippen LogP contribution in [0.3, 0.4) is 0 Å². The number of nitrogens with zero attached hydrogens (tertiary/aromatic N) is 1. The maximum absolute atomic E-state index is 12.5. The lowest BCUT2D eigenvalue weighted by molar-refractivity contribution is -0.136. The van der Waals surface area contributed by atoms with Gasteiger partial charge in [-0.2, -0.15) is 4.31 Å². The molecule has 2 heterocycles. The molecule has 0 aliphatic carbocycles. The van der Waals surface area contributed by atoms with Crippen molar-refractivity contribution in [3.8, 4) is 0 Å². The van der Waals surface area contributed by atoms with E-state index in [1.54, 1.807) is 6.07 Å². The smallest absolute Gasteiger partial charge is 0.308 e. The third-order valence-corrected chi connectivity index (χ3v) is 7.27. The Kier molecular flexibility index (Phi) is 4.51. The van der Waals surface area contributed by atoms with Crippen molar-refractivity contribution in [2.75, 3.05) is 13.1 Å². The van der Waals surface area contributed by atoms with E-state index in [0.29, 0.717) is 29.8 Å². The molecular weight excluding hydrogens is 298 g/mol. The number of carboxylic acid groups (broad SMARTS) is 1. The van der Waals surface area contributed by atoms with Crippen LogP contribution in [0.5, 0.6) is 0 Å². The van der Waals surface area contributed by atoms with Crippen LogP contribution in [0, 0.1) is 11.8 Å². The van der Waals surface area contributed by atoms with Crippen molar-refractivity contribution in [2.45, 2.75) is 30.9 Å². The van der Waals surface area contributed by atoms with Crippen LogP contribution < -0.4 is 0 Å². The number of piperidine rings is 1. The molecular formula is C13H19NO4S2. The fraction of sp³-hybridized carbons (Fsp3) is 0.615. The first-order valence-electron chi connectivity index (χ1n) is 6.61. The molecule has 0 saturated carbocycles. The van der Waals surface area contributed by atoms with Gasteiger partial charge in [0.15, 0.2) is 0 Å². The summed E-state index contributed by atoms with van der Waals surface area (Å²) in [6.07, 6.45) is 0.737. The zero-order valence-corrected chi connectivity index (χ0v) is 13.2. The second-order valence-corrected chi connectivity index (χ2v) is 8.73. The van der Waals surface area contributed by atoms with Gasteiger partial charge in [0, 0.05) is 18.0 Å². The molecule has 0 bridgehead atoms. The van der Waals surface area contributed by atoms with Crippen molar-refractivity contribution in [1.82, 2.24) is 4.31 Å². The van der Waals surface area contributed by atoms with E-state index < -0.39 is 16.0 Å². The Bertz CT molecular complexity index is 593. The Morgan fingerprint density at radius 2 is 2.10 bits per heavy atom. The lowest BCUT2D eigenvalue weighted by atomic mass is 9.90. The largest absolute Gasteiger partial charge is 0.481 e. The highest BCUT2D eigenvalue weighted by Gasteiger charge is 2.32. The van der Waals surface area contributed by atoms with Crippen LogP contribution in [-0.2, 0) is 21.2 Å². The van der Waals surface area contributed by atoms with E-state index in [0.717, 1.165) is 17.8 Å². The summed E-state index contributed by atoms with van der Waals surface area (Å²) in [5.41, 5.74) is 0. The monoisotopic (exact) mass is 317 g/mol. The molecule has 112 valence electrons. The molecule has 2 unspecified atom stereocenters. The van der Waals surface area contributed by atoms with Gasteiger partial charge in [-0.05, 0) is 30.4 Å². The van der Waals surface area contributed by atoms with Crippen molar-refractivity contribution in [3.63, 3.8) is 0 Å². The fourth-order valence-corrected chi connectivity index (χ4v) is 5.37. The van der Waals surface area contributed by atoms with Crippen LogP contribution >= 0.6 is 11.3 Å². The topological polar surface area (TPSA) is 74.7 Å². The van der Waals surface area contributed by atoms with E-state index in [-0.39, 0.29) is 10.6 Å². The van der Waals surface area contributed by atoms with Gasteiger partial charge < -0.3 is 5.11 Å². The van der Waals surface area contributed by atoms with Crippen molar-refractivity contribution < 1.29 is 18.3 Å². The van der Waals surface area contributed by atoms with E-state index in [9.17, 15) is 13.2 Å². The number of aliphatic carboxylic acids is 1. The molecule has 0 aromatic carbocycles. The van der Waals surface area contributed by atoms with Gasteiger partial charge in [-0.15, -0.1) is 11.3 Å². The summed E-state index contributed by atoms with van der Waals surface area (Å²) >= 11 is 1.05. The summed E-state index contributed by atoms with van der Waals surface area (Å²) in [6, 6.07) is 3.10. The van der Waals surface area contributed by atoms with Gasteiger partial charge in [0.25, 0.3) is 10.0 Å². The van der Waals surface area contributed by atoms with E-state index >= 15 is 0 Å². The Morgan fingerprint density at radius 1 is 1.40 bits per heavy atom. The Hall–Kier alpha value is -0.920. The predicted octanol–water partition coefficient (Wildman–Crippen LogP) is 2.04. The van der Waals surface area contributed by atoms with E-state index in [1.807, 2.05) is 0 Å². The predicted molar refractivity (Wildman–Crippen MR) is 77.4 cm³/mol. The van der Waals surface area contributed by atoms with Gasteiger partial charge in [0.05, 0.1) is 6.42 Å². The molecule has 1 aliphatic rings. The first-order valence-corrected chi connectivity index (χ1v) is 8.87. The molecule has 2 rings (SSSR count). The maximum Gasteiger partial charge on any atom is 0.308 e. The van der Waals surface area contributed by atoms with Crippen LogP contribution in [0.1, 0.15) is 25.1 Å². The normalized spacial score (nSPS) is 24.7. The molecule has 1 aromatic heterocycles. The highest BCUT2D eigenvalue weighted by molar-refractivity contribution is 7.91. The van der Waals surface area contributed by atoms with Crippen LogP contribution in [0.4, 0.5) is 0 Å². The number of hydrogen-bond acceptors (Lipinski definition) is 4. The van der Waals surface area contributed by atoms with Crippen molar-refractivity contribution in [2.24, 2.45) is 11.8 Å². The minimum atomic E-state index is -3.47. The number of carbonyl (C=O) groups is 1. The van der Waals surface area contributed by atoms with Gasteiger partial charge in [0.2, 0.25) is 0 Å². The van der Waals surface area contributed by atoms with Gasteiger partial charge >= 0.3 is 5.97 Å². The summed E-state index contributed by atoms with van der Waals surface area (Å²) in [7, 11) is -3.47.